The number of esters is 4. The molecule has 12 heteroatoms. The van der Waals surface area contributed by atoms with Crippen LogP contribution in [0.15, 0.2) is 54.6 Å². The number of benzene rings is 1. The standard InChI is InChI=1S/C35H44O12/c1-18(2)31(40)46-27-26(45-22(6)37)20(4)25(44-21(5)36)24-30(47-32(41)23-13-11-10-12-14-23)34(9,42)17-35(24,43)28(38)19(3)15-16-33(7,8)29(27)39/h10-16,18-19,24-27,30,42-43H,4,17H2,1-3,5-9H3/b16-15+/t19-,24-,25-,26-,27+,30+,34+,35+/m0/s1. The molecule has 2 aliphatic carbocycles. The average molecular weight is 657 g/mol. The number of carbonyl (C=O) groups is 6. The molecule has 0 bridgehead atoms. The number of allylic oxidation sites excluding steroid dienone is 2. The molecule has 0 unspecified atom stereocenters. The fourth-order valence-electron chi connectivity index (χ4n) is 6.08. The van der Waals surface area contributed by atoms with Gasteiger partial charge < -0.3 is 29.2 Å². The first-order valence-electron chi connectivity index (χ1n) is 15.4. The van der Waals surface area contributed by atoms with E-state index in [1.54, 1.807) is 18.2 Å². The number of ketones is 2. The summed E-state index contributed by atoms with van der Waals surface area (Å²) in [6.45, 7) is 14.8. The highest BCUT2D eigenvalue weighted by Crippen LogP contribution is 2.50. The summed E-state index contributed by atoms with van der Waals surface area (Å²) in [5.74, 6) is -8.73. The minimum absolute atomic E-state index is 0.0867. The van der Waals surface area contributed by atoms with Crippen LogP contribution in [0.3, 0.4) is 0 Å². The van der Waals surface area contributed by atoms with Crippen LogP contribution in [-0.4, -0.2) is 81.3 Å². The predicted molar refractivity (Wildman–Crippen MR) is 166 cm³/mol. The summed E-state index contributed by atoms with van der Waals surface area (Å²) in [4.78, 5) is 79.8. The van der Waals surface area contributed by atoms with Gasteiger partial charge in [0.2, 0.25) is 6.10 Å². The van der Waals surface area contributed by atoms with Gasteiger partial charge in [0.1, 0.15) is 23.4 Å². The van der Waals surface area contributed by atoms with E-state index in [4.69, 9.17) is 18.9 Å². The minimum atomic E-state index is -2.53. The maximum atomic E-state index is 14.2. The van der Waals surface area contributed by atoms with Crippen molar-refractivity contribution in [2.24, 2.45) is 23.2 Å². The Balaban J connectivity index is 2.37. The van der Waals surface area contributed by atoms with E-state index in [-0.39, 0.29) is 11.1 Å². The zero-order chi connectivity index (χ0) is 35.6. The first-order valence-corrected chi connectivity index (χ1v) is 15.4. The van der Waals surface area contributed by atoms with Crippen LogP contribution in [0.25, 0.3) is 0 Å². The molecule has 2 N–H and O–H groups in total. The second kappa shape index (κ2) is 13.9. The zero-order valence-corrected chi connectivity index (χ0v) is 28.0. The van der Waals surface area contributed by atoms with Crippen LogP contribution >= 0.6 is 0 Å². The Hall–Kier alpha value is -4.16. The normalized spacial score (nSPS) is 33.1. The fraction of sp³-hybridized carbons (Fsp3) is 0.543. The van der Waals surface area contributed by atoms with E-state index in [0.717, 1.165) is 13.8 Å². The highest BCUT2D eigenvalue weighted by atomic mass is 16.6. The second-order valence-electron chi connectivity index (χ2n) is 13.4. The Labute approximate surface area is 274 Å². The molecule has 0 aliphatic heterocycles. The van der Waals surface area contributed by atoms with Gasteiger partial charge in [-0.05, 0) is 32.9 Å². The summed E-state index contributed by atoms with van der Waals surface area (Å²) in [7, 11) is 0. The van der Waals surface area contributed by atoms with Gasteiger partial charge in [-0.25, -0.2) is 4.79 Å². The summed E-state index contributed by atoms with van der Waals surface area (Å²) in [5, 5.41) is 24.0. The predicted octanol–water partition coefficient (Wildman–Crippen LogP) is 3.07. The lowest BCUT2D eigenvalue weighted by Gasteiger charge is -2.41. The Morgan fingerprint density at radius 1 is 0.851 bits per heavy atom. The molecule has 1 aromatic rings. The molecule has 3 rings (SSSR count). The lowest BCUT2D eigenvalue weighted by atomic mass is 9.72. The number of carbonyl (C=O) groups excluding carboxylic acids is 6. The lowest BCUT2D eigenvalue weighted by molar-refractivity contribution is -0.177. The summed E-state index contributed by atoms with van der Waals surface area (Å²) < 4.78 is 22.7. The Bertz CT molecular complexity index is 1460. The molecule has 0 spiro atoms. The van der Waals surface area contributed by atoms with Crippen molar-refractivity contribution in [2.45, 2.75) is 97.4 Å². The number of rotatable bonds is 6. The number of hydrogen-bond donors (Lipinski definition) is 2. The maximum Gasteiger partial charge on any atom is 0.338 e. The Morgan fingerprint density at radius 2 is 1.40 bits per heavy atom. The highest BCUT2D eigenvalue weighted by molar-refractivity contribution is 5.95. The quantitative estimate of drug-likeness (QED) is 0.260. The summed E-state index contributed by atoms with van der Waals surface area (Å²) in [5.41, 5.74) is -6.33. The van der Waals surface area contributed by atoms with Gasteiger partial charge in [-0.1, -0.05) is 57.7 Å². The molecule has 1 aromatic carbocycles. The van der Waals surface area contributed by atoms with Gasteiger partial charge in [0, 0.05) is 37.2 Å². The second-order valence-corrected chi connectivity index (χ2v) is 13.4. The number of Topliss-reactive ketones (excluding diaryl/α,β-unsaturated/α-hetero) is 2. The topological polar surface area (TPSA) is 180 Å². The maximum absolute atomic E-state index is 14.2. The van der Waals surface area contributed by atoms with Crippen LogP contribution in [-0.2, 0) is 42.9 Å². The molecule has 256 valence electrons. The van der Waals surface area contributed by atoms with Crippen molar-refractivity contribution in [1.82, 2.24) is 0 Å². The highest BCUT2D eigenvalue weighted by Gasteiger charge is 2.67. The molecule has 8 atom stereocenters. The molecule has 0 radical (unpaired) electrons. The molecule has 0 aromatic heterocycles. The summed E-state index contributed by atoms with van der Waals surface area (Å²) in [6.07, 6.45) is -5.06. The van der Waals surface area contributed by atoms with Gasteiger partial charge >= 0.3 is 23.9 Å². The summed E-state index contributed by atoms with van der Waals surface area (Å²) >= 11 is 0. The van der Waals surface area contributed by atoms with Gasteiger partial charge in [0.25, 0.3) is 0 Å². The van der Waals surface area contributed by atoms with E-state index in [2.05, 4.69) is 6.58 Å². The molecule has 0 amide bonds. The van der Waals surface area contributed by atoms with Crippen LogP contribution in [0.4, 0.5) is 0 Å². The van der Waals surface area contributed by atoms with Crippen molar-refractivity contribution >= 4 is 35.4 Å². The smallest absolute Gasteiger partial charge is 0.338 e. The largest absolute Gasteiger partial charge is 0.457 e. The first-order chi connectivity index (χ1) is 21.6. The molecule has 0 saturated heterocycles. The SMILES string of the molecule is C=C1[C@H](OC(C)=O)[C@H]2[C@@H](OC(=O)c3ccccc3)[C@](C)(O)C[C@]2(O)C(=O)[C@@H](C)/C=C/C(C)(C)C(=O)[C@H](OC(=O)C(C)C)[C@H]1OC(C)=O. The summed E-state index contributed by atoms with van der Waals surface area (Å²) in [6, 6.07) is 7.74. The van der Waals surface area contributed by atoms with E-state index in [9.17, 15) is 39.0 Å². The third-order valence-corrected chi connectivity index (χ3v) is 8.53. The van der Waals surface area contributed by atoms with Crippen LogP contribution in [0.2, 0.25) is 0 Å². The van der Waals surface area contributed by atoms with Crippen LogP contribution in [0.1, 0.15) is 72.2 Å². The van der Waals surface area contributed by atoms with E-state index < -0.39 is 101 Å². The van der Waals surface area contributed by atoms with Gasteiger partial charge in [0.05, 0.1) is 17.4 Å². The molecule has 47 heavy (non-hydrogen) atoms. The number of aliphatic hydroxyl groups is 2. The van der Waals surface area contributed by atoms with Crippen molar-refractivity contribution in [1.29, 1.82) is 0 Å². The van der Waals surface area contributed by atoms with Crippen LogP contribution < -0.4 is 0 Å². The molecular weight excluding hydrogens is 612 g/mol. The number of hydrogen-bond acceptors (Lipinski definition) is 12. The van der Waals surface area contributed by atoms with Crippen molar-refractivity contribution < 1.29 is 57.9 Å². The van der Waals surface area contributed by atoms with E-state index in [0.29, 0.717) is 0 Å². The molecule has 0 heterocycles. The Morgan fingerprint density at radius 3 is 1.94 bits per heavy atom. The number of fused-ring (bicyclic) bond motifs is 1. The third kappa shape index (κ3) is 7.87. The van der Waals surface area contributed by atoms with Crippen LogP contribution in [0, 0.1) is 23.2 Å². The van der Waals surface area contributed by atoms with Crippen molar-refractivity contribution in [3.8, 4) is 0 Å². The minimum Gasteiger partial charge on any atom is -0.457 e. The van der Waals surface area contributed by atoms with E-state index in [1.165, 1.54) is 65.8 Å². The van der Waals surface area contributed by atoms with E-state index >= 15 is 0 Å². The Kier molecular flexibility index (Phi) is 11.0. The molecule has 1 saturated carbocycles. The van der Waals surface area contributed by atoms with Gasteiger partial charge in [-0.15, -0.1) is 0 Å². The molecular formula is C35H44O12. The van der Waals surface area contributed by atoms with Gasteiger partial charge in [-0.3, -0.25) is 24.0 Å². The van der Waals surface area contributed by atoms with Crippen molar-refractivity contribution in [3.05, 3.63) is 60.2 Å². The van der Waals surface area contributed by atoms with Gasteiger partial charge in [-0.2, -0.15) is 0 Å². The van der Waals surface area contributed by atoms with Crippen molar-refractivity contribution in [3.63, 3.8) is 0 Å². The van der Waals surface area contributed by atoms with Gasteiger partial charge in [0.15, 0.2) is 17.7 Å². The average Bonchev–Trinajstić information content (AvgIpc) is 3.19. The first kappa shape index (κ1) is 37.3. The molecule has 2 aliphatic rings. The molecule has 1 fully saturated rings. The third-order valence-electron chi connectivity index (χ3n) is 8.53. The number of ether oxygens (including phenoxy) is 4. The lowest BCUT2D eigenvalue weighted by Crippen LogP contribution is -2.57. The van der Waals surface area contributed by atoms with Crippen molar-refractivity contribution in [2.75, 3.05) is 0 Å². The van der Waals surface area contributed by atoms with E-state index in [1.807, 2.05) is 0 Å². The van der Waals surface area contributed by atoms with Crippen LogP contribution in [0.5, 0.6) is 0 Å². The fourth-order valence-corrected chi connectivity index (χ4v) is 6.08. The monoisotopic (exact) mass is 656 g/mol. The zero-order valence-electron chi connectivity index (χ0n) is 28.0. The molecule has 12 nitrogen and oxygen atoms in total.